The molecule has 0 radical (unpaired) electrons. The number of hydrogen-bond acceptors (Lipinski definition) is 5. The fourth-order valence-corrected chi connectivity index (χ4v) is 5.16. The third-order valence-corrected chi connectivity index (χ3v) is 7.48. The normalized spacial score (nSPS) is 23.0. The van der Waals surface area contributed by atoms with E-state index in [1.54, 1.807) is 24.3 Å². The zero-order valence-electron chi connectivity index (χ0n) is 13.1. The Hall–Kier alpha value is -1.12. The van der Waals surface area contributed by atoms with Crippen LogP contribution in [0.25, 0.3) is 0 Å². The quantitative estimate of drug-likeness (QED) is 0.853. The summed E-state index contributed by atoms with van der Waals surface area (Å²) >= 11 is 0. The van der Waals surface area contributed by atoms with E-state index in [0.29, 0.717) is 11.4 Å². The lowest BCUT2D eigenvalue weighted by Crippen LogP contribution is -2.48. The van der Waals surface area contributed by atoms with Crippen LogP contribution in [0.4, 0.5) is 5.69 Å². The molecule has 1 saturated carbocycles. The number of nitrogens with zero attached hydrogens (tertiary/aromatic N) is 1. The Morgan fingerprint density at radius 2 is 1.70 bits per heavy atom. The summed E-state index contributed by atoms with van der Waals surface area (Å²) in [4.78, 5) is 2.40. The minimum Gasteiger partial charge on any atom is -0.370 e. The highest BCUT2D eigenvalue weighted by atomic mass is 32.2. The number of rotatable bonds is 5. The predicted molar refractivity (Wildman–Crippen MR) is 89.9 cm³/mol. The largest absolute Gasteiger partial charge is 0.370 e. The van der Waals surface area contributed by atoms with Crippen molar-refractivity contribution in [3.63, 3.8) is 0 Å². The van der Waals surface area contributed by atoms with Crippen LogP contribution in [-0.4, -0.2) is 47.5 Å². The first-order valence-corrected chi connectivity index (χ1v) is 11.3. The molecular formula is C15H22N2O4S2. The lowest BCUT2D eigenvalue weighted by atomic mass is 10.1. The molecule has 2 fully saturated rings. The van der Waals surface area contributed by atoms with Gasteiger partial charge in [-0.2, -0.15) is 0 Å². The molecule has 6 nitrogen and oxygen atoms in total. The maximum absolute atomic E-state index is 12.1. The zero-order chi connectivity index (χ0) is 16.7. The van der Waals surface area contributed by atoms with Crippen molar-refractivity contribution < 1.29 is 16.8 Å². The van der Waals surface area contributed by atoms with Crippen molar-refractivity contribution in [2.24, 2.45) is 0 Å². The van der Waals surface area contributed by atoms with Gasteiger partial charge in [0, 0.05) is 31.1 Å². The molecule has 1 unspecified atom stereocenters. The van der Waals surface area contributed by atoms with Gasteiger partial charge >= 0.3 is 0 Å². The number of anilines is 1. The van der Waals surface area contributed by atoms with Crippen LogP contribution in [0, 0.1) is 0 Å². The van der Waals surface area contributed by atoms with Crippen molar-refractivity contribution >= 4 is 25.5 Å². The fraction of sp³-hybridized carbons (Fsp3) is 0.600. The Morgan fingerprint density at radius 1 is 1.04 bits per heavy atom. The third-order valence-electron chi connectivity index (χ3n) is 4.35. The van der Waals surface area contributed by atoms with Crippen molar-refractivity contribution in [1.29, 1.82) is 0 Å². The second-order valence-electron chi connectivity index (χ2n) is 6.41. The first-order valence-electron chi connectivity index (χ1n) is 7.82. The van der Waals surface area contributed by atoms with Gasteiger partial charge in [0.15, 0.2) is 9.84 Å². The Balaban J connectivity index is 1.68. The van der Waals surface area contributed by atoms with Gasteiger partial charge in [0.2, 0.25) is 10.0 Å². The summed E-state index contributed by atoms with van der Waals surface area (Å²) in [5, 5.41) is -0.202. The highest BCUT2D eigenvalue weighted by Gasteiger charge is 2.37. The van der Waals surface area contributed by atoms with Gasteiger partial charge in [-0.3, -0.25) is 0 Å². The van der Waals surface area contributed by atoms with Crippen molar-refractivity contribution in [3.05, 3.63) is 24.3 Å². The summed E-state index contributed by atoms with van der Waals surface area (Å²) in [6, 6.07) is 6.69. The molecule has 0 aromatic heterocycles. The number of sulfone groups is 1. The molecule has 1 saturated heterocycles. The molecule has 1 aliphatic heterocycles. The molecule has 0 bridgehead atoms. The number of hydrogen-bond donors (Lipinski definition) is 1. The van der Waals surface area contributed by atoms with Crippen LogP contribution in [-0.2, 0) is 19.9 Å². The fourth-order valence-electron chi connectivity index (χ4n) is 2.92. The molecule has 1 N–H and O–H groups in total. The number of sulfonamides is 1. The van der Waals surface area contributed by atoms with E-state index in [4.69, 9.17) is 0 Å². The Kier molecular flexibility index (Phi) is 4.41. The number of nitrogens with one attached hydrogen (secondary N) is 1. The Labute approximate surface area is 137 Å². The van der Waals surface area contributed by atoms with E-state index in [0.717, 1.165) is 37.9 Å². The molecule has 128 valence electrons. The lowest BCUT2D eigenvalue weighted by Gasteiger charge is -2.34. The minimum atomic E-state index is -3.20. The van der Waals surface area contributed by atoms with Gasteiger partial charge in [-0.1, -0.05) is 0 Å². The summed E-state index contributed by atoms with van der Waals surface area (Å²) in [6.07, 6.45) is 4.46. The molecule has 1 atom stereocenters. The second-order valence-corrected chi connectivity index (χ2v) is 10.4. The topological polar surface area (TPSA) is 83.6 Å². The van der Waals surface area contributed by atoms with Gasteiger partial charge in [-0.25, -0.2) is 21.6 Å². The van der Waals surface area contributed by atoms with Crippen molar-refractivity contribution in [1.82, 2.24) is 4.72 Å². The predicted octanol–water partition coefficient (Wildman–Crippen LogP) is 1.14. The van der Waals surface area contributed by atoms with Crippen LogP contribution in [0.1, 0.15) is 25.7 Å². The molecule has 1 aromatic rings. The first-order chi connectivity index (χ1) is 10.8. The Bertz CT molecular complexity index is 768. The van der Waals surface area contributed by atoms with Crippen molar-refractivity contribution in [2.45, 2.75) is 41.9 Å². The molecule has 1 aliphatic carbocycles. The molecule has 1 heterocycles. The number of piperidine rings is 1. The van der Waals surface area contributed by atoms with E-state index >= 15 is 0 Å². The minimum absolute atomic E-state index is 0.0797. The molecule has 23 heavy (non-hydrogen) atoms. The molecule has 0 amide bonds. The molecule has 2 aliphatic rings. The highest BCUT2D eigenvalue weighted by molar-refractivity contribution is 7.90. The molecule has 1 aromatic carbocycles. The highest BCUT2D eigenvalue weighted by Crippen LogP contribution is 2.29. The molecule has 0 spiro atoms. The molecule has 8 heteroatoms. The van der Waals surface area contributed by atoms with Crippen LogP contribution in [0.3, 0.4) is 0 Å². The zero-order valence-corrected chi connectivity index (χ0v) is 14.7. The van der Waals surface area contributed by atoms with Crippen LogP contribution in [0.5, 0.6) is 0 Å². The molecule has 3 rings (SSSR count). The molecular weight excluding hydrogens is 336 g/mol. The van der Waals surface area contributed by atoms with E-state index < -0.39 is 19.9 Å². The van der Waals surface area contributed by atoms with Gasteiger partial charge < -0.3 is 4.90 Å². The van der Waals surface area contributed by atoms with Crippen molar-refractivity contribution in [3.8, 4) is 0 Å². The van der Waals surface area contributed by atoms with Gasteiger partial charge in [0.1, 0.15) is 0 Å². The Morgan fingerprint density at radius 3 is 2.26 bits per heavy atom. The van der Waals surface area contributed by atoms with E-state index in [2.05, 4.69) is 9.62 Å². The van der Waals surface area contributed by atoms with Crippen LogP contribution < -0.4 is 9.62 Å². The second kappa shape index (κ2) is 6.07. The van der Waals surface area contributed by atoms with E-state index in [9.17, 15) is 16.8 Å². The summed E-state index contributed by atoms with van der Waals surface area (Å²) < 4.78 is 50.0. The standard InChI is InChI=1S/C15H22N2O4S2/c1-22(18,19)14-6-4-13(5-7-14)17-10-2-3-12(11-17)16-23(20,21)15-8-9-15/h4-7,12,15-16H,2-3,8-11H2,1H3. The van der Waals surface area contributed by atoms with Gasteiger partial charge in [0.25, 0.3) is 0 Å². The SMILES string of the molecule is CS(=O)(=O)c1ccc(N2CCCC(NS(=O)(=O)C3CC3)C2)cc1. The summed E-state index contributed by atoms with van der Waals surface area (Å²) in [6.45, 7) is 1.46. The smallest absolute Gasteiger partial charge is 0.214 e. The van der Waals surface area contributed by atoms with E-state index in [-0.39, 0.29) is 11.3 Å². The van der Waals surface area contributed by atoms with Crippen LogP contribution >= 0.6 is 0 Å². The summed E-state index contributed by atoms with van der Waals surface area (Å²) in [5.74, 6) is 0. The third kappa shape index (κ3) is 4.05. The average molecular weight is 358 g/mol. The summed E-state index contributed by atoms with van der Waals surface area (Å²) in [5.41, 5.74) is 0.924. The van der Waals surface area contributed by atoms with Crippen molar-refractivity contribution in [2.75, 3.05) is 24.2 Å². The van der Waals surface area contributed by atoms with Gasteiger partial charge in [-0.15, -0.1) is 0 Å². The van der Waals surface area contributed by atoms with Gasteiger partial charge in [0.05, 0.1) is 10.1 Å². The summed E-state index contributed by atoms with van der Waals surface area (Å²) in [7, 11) is -6.37. The van der Waals surface area contributed by atoms with E-state index in [1.165, 1.54) is 6.26 Å². The maximum atomic E-state index is 12.1. The monoisotopic (exact) mass is 358 g/mol. The maximum Gasteiger partial charge on any atom is 0.214 e. The van der Waals surface area contributed by atoms with E-state index in [1.807, 2.05) is 0 Å². The number of benzene rings is 1. The lowest BCUT2D eigenvalue weighted by molar-refractivity contribution is 0.465. The van der Waals surface area contributed by atoms with Gasteiger partial charge in [-0.05, 0) is 49.9 Å². The van der Waals surface area contributed by atoms with Crippen LogP contribution in [0.2, 0.25) is 0 Å². The first kappa shape index (κ1) is 16.7. The average Bonchev–Trinajstić information content (AvgIpc) is 3.31. The van der Waals surface area contributed by atoms with Crippen LogP contribution in [0.15, 0.2) is 29.2 Å².